The highest BCUT2D eigenvalue weighted by atomic mass is 79.9. The lowest BCUT2D eigenvalue weighted by Crippen LogP contribution is -2.04. The van der Waals surface area contributed by atoms with E-state index in [1.807, 2.05) is 24.3 Å². The van der Waals surface area contributed by atoms with Crippen LogP contribution >= 0.6 is 31.9 Å². The topological polar surface area (TPSA) is 24.1 Å². The summed E-state index contributed by atoms with van der Waals surface area (Å²) in [6, 6.07) is 21.6. The van der Waals surface area contributed by atoms with Crippen LogP contribution in [0.25, 0.3) is 10.8 Å². The molecule has 0 aliphatic rings. The van der Waals surface area contributed by atoms with Gasteiger partial charge in [0, 0.05) is 44.2 Å². The Balaban J connectivity index is 1.56. The zero-order valence-electron chi connectivity index (χ0n) is 15.9. The molecule has 0 saturated carbocycles. The normalized spacial score (nSPS) is 10.9. The molecule has 30 heavy (non-hydrogen) atoms. The minimum absolute atomic E-state index is 0.265. The number of benzene rings is 4. The van der Waals surface area contributed by atoms with E-state index >= 15 is 0 Å². The molecule has 4 rings (SSSR count). The summed E-state index contributed by atoms with van der Waals surface area (Å²) in [6.07, 6.45) is 0. The number of halogens is 4. The first-order chi connectivity index (χ1) is 14.5. The van der Waals surface area contributed by atoms with E-state index < -0.39 is 0 Å². The van der Waals surface area contributed by atoms with Crippen molar-refractivity contribution in [1.82, 2.24) is 0 Å². The zero-order chi connectivity index (χ0) is 21.1. The molecule has 0 aliphatic carbocycles. The minimum atomic E-state index is -0.265. The molecule has 4 aromatic carbocycles. The molecule has 0 fully saturated rings. The molecule has 0 aromatic heterocycles. The first-order valence-corrected chi connectivity index (χ1v) is 11.0. The Labute approximate surface area is 190 Å². The molecule has 2 nitrogen and oxygen atoms in total. The molecule has 6 heteroatoms. The molecule has 152 valence electrons. The van der Waals surface area contributed by atoms with Gasteiger partial charge in [-0.05, 0) is 47.5 Å². The molecule has 0 unspecified atom stereocenters. The van der Waals surface area contributed by atoms with Crippen molar-refractivity contribution < 1.29 is 8.78 Å². The summed E-state index contributed by atoms with van der Waals surface area (Å²) in [4.78, 5) is 0. The fourth-order valence-electron chi connectivity index (χ4n) is 3.32. The van der Waals surface area contributed by atoms with Gasteiger partial charge in [-0.3, -0.25) is 0 Å². The first kappa shape index (κ1) is 20.8. The number of rotatable bonds is 6. The van der Waals surface area contributed by atoms with E-state index in [1.54, 1.807) is 12.1 Å². The van der Waals surface area contributed by atoms with E-state index in [2.05, 4.69) is 54.6 Å². The minimum Gasteiger partial charge on any atom is -0.380 e. The van der Waals surface area contributed by atoms with Crippen LogP contribution in [0.5, 0.6) is 0 Å². The van der Waals surface area contributed by atoms with E-state index in [1.165, 1.54) is 24.3 Å². The Bertz CT molecular complexity index is 1120. The van der Waals surface area contributed by atoms with Crippen LogP contribution in [0, 0.1) is 11.6 Å². The van der Waals surface area contributed by atoms with Crippen LogP contribution < -0.4 is 10.6 Å². The van der Waals surface area contributed by atoms with E-state index in [0.717, 1.165) is 42.2 Å². The maximum absolute atomic E-state index is 13.3. The lowest BCUT2D eigenvalue weighted by molar-refractivity contribution is 0.625. The molecule has 0 spiro atoms. The number of hydrogen-bond donors (Lipinski definition) is 2. The van der Waals surface area contributed by atoms with Gasteiger partial charge in [0.2, 0.25) is 0 Å². The number of anilines is 2. The molecule has 0 bridgehead atoms. The Morgan fingerprint density at radius 1 is 0.600 bits per heavy atom. The molecular weight excluding hydrogens is 514 g/mol. The van der Waals surface area contributed by atoms with Gasteiger partial charge in [-0.25, -0.2) is 8.78 Å². The summed E-state index contributed by atoms with van der Waals surface area (Å²) < 4.78 is 28.1. The first-order valence-electron chi connectivity index (χ1n) is 9.38. The standard InChI is InChI=1S/C24H18Br2F2N2/c25-21-11-17(27)7-5-15(21)13-29-23-9-10-24(20-4-2-1-3-19(20)23)30-14-16-6-8-18(28)12-22(16)26/h1-12,29-30H,13-14H2. The number of nitrogens with one attached hydrogen (secondary N) is 2. The van der Waals surface area contributed by atoms with Crippen LogP contribution in [0.15, 0.2) is 81.7 Å². The van der Waals surface area contributed by atoms with Gasteiger partial charge in [0.15, 0.2) is 0 Å². The summed E-state index contributed by atoms with van der Waals surface area (Å²) in [5.74, 6) is -0.529. The van der Waals surface area contributed by atoms with E-state index in [-0.39, 0.29) is 11.6 Å². The second kappa shape index (κ2) is 9.14. The van der Waals surface area contributed by atoms with E-state index in [4.69, 9.17) is 0 Å². The lowest BCUT2D eigenvalue weighted by atomic mass is 10.1. The van der Waals surface area contributed by atoms with Crippen molar-refractivity contribution in [1.29, 1.82) is 0 Å². The predicted octanol–water partition coefficient (Wildman–Crippen LogP) is 7.87. The Morgan fingerprint density at radius 3 is 1.43 bits per heavy atom. The van der Waals surface area contributed by atoms with Crippen molar-refractivity contribution >= 4 is 54.0 Å². The second-order valence-electron chi connectivity index (χ2n) is 6.88. The second-order valence-corrected chi connectivity index (χ2v) is 8.59. The SMILES string of the molecule is Fc1ccc(CNc2ccc(NCc3ccc(F)cc3Br)c3ccccc23)c(Br)c1. The van der Waals surface area contributed by atoms with Crippen molar-refractivity contribution in [3.05, 3.63) is 105 Å². The largest absolute Gasteiger partial charge is 0.380 e. The van der Waals surface area contributed by atoms with Gasteiger partial charge in [-0.1, -0.05) is 68.3 Å². The van der Waals surface area contributed by atoms with Crippen LogP contribution in [0.2, 0.25) is 0 Å². The third-order valence-corrected chi connectivity index (χ3v) is 6.37. The summed E-state index contributed by atoms with van der Waals surface area (Å²) in [5, 5.41) is 9.07. The molecule has 0 saturated heterocycles. The van der Waals surface area contributed by atoms with Gasteiger partial charge in [-0.2, -0.15) is 0 Å². The maximum atomic E-state index is 13.3. The monoisotopic (exact) mass is 530 g/mol. The van der Waals surface area contributed by atoms with Gasteiger partial charge in [0.25, 0.3) is 0 Å². The third kappa shape index (κ3) is 4.65. The van der Waals surface area contributed by atoms with Crippen LogP contribution in [0.4, 0.5) is 20.2 Å². The molecule has 0 radical (unpaired) electrons. The molecule has 0 amide bonds. The highest BCUT2D eigenvalue weighted by molar-refractivity contribution is 9.10. The van der Waals surface area contributed by atoms with Crippen LogP contribution in [-0.4, -0.2) is 0 Å². The van der Waals surface area contributed by atoms with Crippen LogP contribution in [-0.2, 0) is 13.1 Å². The fourth-order valence-corrected chi connectivity index (χ4v) is 4.30. The Kier molecular flexibility index (Phi) is 6.35. The average molecular weight is 532 g/mol. The summed E-state index contributed by atoms with van der Waals surface area (Å²) in [6.45, 7) is 1.14. The third-order valence-electron chi connectivity index (χ3n) is 4.89. The van der Waals surface area contributed by atoms with Gasteiger partial charge in [0.05, 0.1) is 0 Å². The van der Waals surface area contributed by atoms with Gasteiger partial charge < -0.3 is 10.6 Å². The van der Waals surface area contributed by atoms with Crippen molar-refractivity contribution in [3.8, 4) is 0 Å². The summed E-state index contributed by atoms with van der Waals surface area (Å²) in [5.41, 5.74) is 3.94. The molecule has 4 aromatic rings. The van der Waals surface area contributed by atoms with Crippen molar-refractivity contribution in [2.45, 2.75) is 13.1 Å². The Morgan fingerprint density at radius 2 is 1.03 bits per heavy atom. The fraction of sp³-hybridized carbons (Fsp3) is 0.0833. The number of fused-ring (bicyclic) bond motifs is 1. The average Bonchev–Trinajstić information content (AvgIpc) is 2.73. The molecular formula is C24H18Br2F2N2. The van der Waals surface area contributed by atoms with Gasteiger partial charge >= 0.3 is 0 Å². The van der Waals surface area contributed by atoms with Gasteiger partial charge in [-0.15, -0.1) is 0 Å². The van der Waals surface area contributed by atoms with Crippen molar-refractivity contribution in [3.63, 3.8) is 0 Å². The molecule has 0 aliphatic heterocycles. The smallest absolute Gasteiger partial charge is 0.124 e. The van der Waals surface area contributed by atoms with Crippen molar-refractivity contribution in [2.75, 3.05) is 10.6 Å². The predicted molar refractivity (Wildman–Crippen MR) is 127 cm³/mol. The van der Waals surface area contributed by atoms with Crippen LogP contribution in [0.1, 0.15) is 11.1 Å². The molecule has 0 heterocycles. The van der Waals surface area contributed by atoms with Gasteiger partial charge in [0.1, 0.15) is 11.6 Å². The van der Waals surface area contributed by atoms with Crippen molar-refractivity contribution in [2.24, 2.45) is 0 Å². The zero-order valence-corrected chi connectivity index (χ0v) is 19.0. The van der Waals surface area contributed by atoms with E-state index in [9.17, 15) is 8.78 Å². The highest BCUT2D eigenvalue weighted by Crippen LogP contribution is 2.31. The summed E-state index contributed by atoms with van der Waals surface area (Å²) >= 11 is 6.84. The Hall–Kier alpha value is -2.44. The summed E-state index contributed by atoms with van der Waals surface area (Å²) in [7, 11) is 0. The highest BCUT2D eigenvalue weighted by Gasteiger charge is 2.08. The quantitative estimate of drug-likeness (QED) is 0.264. The molecule has 2 N–H and O–H groups in total. The van der Waals surface area contributed by atoms with E-state index in [0.29, 0.717) is 13.1 Å². The number of hydrogen-bond acceptors (Lipinski definition) is 2. The van der Waals surface area contributed by atoms with Crippen LogP contribution in [0.3, 0.4) is 0 Å². The lowest BCUT2D eigenvalue weighted by Gasteiger charge is -2.15. The maximum Gasteiger partial charge on any atom is 0.124 e. The molecule has 0 atom stereocenters.